The van der Waals surface area contributed by atoms with Crippen LogP contribution in [0.3, 0.4) is 0 Å². The molecule has 0 saturated heterocycles. The molecular formula is C15H21NO2. The standard InChI is InChI=1S/C15H21NO2/c1-3-15(10-8-14(17)18-4-2)9-6-12-16-11-5-7-13(15)16/h3,5,7,11H,1,4,6,8-10,12H2,2H3. The minimum absolute atomic E-state index is 0.0610. The molecule has 0 radical (unpaired) electrons. The number of esters is 1. The van der Waals surface area contributed by atoms with Crippen LogP contribution in [0.5, 0.6) is 0 Å². The lowest BCUT2D eigenvalue weighted by atomic mass is 9.74. The Morgan fingerprint density at radius 3 is 3.22 bits per heavy atom. The molecule has 1 aliphatic heterocycles. The quantitative estimate of drug-likeness (QED) is 0.591. The van der Waals surface area contributed by atoms with Gasteiger partial charge in [-0.2, -0.15) is 0 Å². The first-order valence-electron chi connectivity index (χ1n) is 6.66. The summed E-state index contributed by atoms with van der Waals surface area (Å²) < 4.78 is 7.29. The summed E-state index contributed by atoms with van der Waals surface area (Å²) in [7, 11) is 0. The highest BCUT2D eigenvalue weighted by molar-refractivity contribution is 5.69. The normalized spacial score (nSPS) is 22.3. The Bertz CT molecular complexity index is 435. The van der Waals surface area contributed by atoms with Gasteiger partial charge in [0.25, 0.3) is 0 Å². The molecular weight excluding hydrogens is 226 g/mol. The predicted octanol–water partition coefficient (Wildman–Crippen LogP) is 3.05. The van der Waals surface area contributed by atoms with E-state index in [1.807, 2.05) is 13.0 Å². The number of rotatable bonds is 5. The molecule has 0 saturated carbocycles. The number of nitrogens with zero attached hydrogens (tertiary/aromatic N) is 1. The van der Waals surface area contributed by atoms with E-state index in [1.54, 1.807) is 0 Å². The van der Waals surface area contributed by atoms with Crippen molar-refractivity contribution in [2.75, 3.05) is 6.61 Å². The number of hydrogen-bond donors (Lipinski definition) is 0. The van der Waals surface area contributed by atoms with Crippen molar-refractivity contribution in [1.82, 2.24) is 4.57 Å². The molecule has 0 aliphatic carbocycles. The van der Waals surface area contributed by atoms with Crippen LogP contribution in [0.25, 0.3) is 0 Å². The zero-order chi connectivity index (χ0) is 13.0. The fourth-order valence-corrected chi connectivity index (χ4v) is 2.87. The molecule has 2 rings (SSSR count). The third kappa shape index (κ3) is 2.35. The maximum Gasteiger partial charge on any atom is 0.305 e. The van der Waals surface area contributed by atoms with E-state index in [0.717, 1.165) is 25.8 Å². The summed E-state index contributed by atoms with van der Waals surface area (Å²) in [5, 5.41) is 0. The number of carbonyl (C=O) groups is 1. The van der Waals surface area contributed by atoms with Crippen molar-refractivity contribution < 1.29 is 9.53 Å². The molecule has 18 heavy (non-hydrogen) atoms. The van der Waals surface area contributed by atoms with Gasteiger partial charge in [0.05, 0.1) is 6.61 Å². The van der Waals surface area contributed by atoms with Gasteiger partial charge in [0.2, 0.25) is 0 Å². The van der Waals surface area contributed by atoms with E-state index in [2.05, 4.69) is 29.5 Å². The lowest BCUT2D eigenvalue weighted by Gasteiger charge is -2.36. The maximum absolute atomic E-state index is 11.5. The number of ether oxygens (including phenoxy) is 1. The van der Waals surface area contributed by atoms with Gasteiger partial charge in [-0.1, -0.05) is 6.08 Å². The van der Waals surface area contributed by atoms with Gasteiger partial charge in [-0.05, 0) is 38.3 Å². The Morgan fingerprint density at radius 1 is 1.67 bits per heavy atom. The smallest absolute Gasteiger partial charge is 0.305 e. The van der Waals surface area contributed by atoms with Gasteiger partial charge in [0.15, 0.2) is 0 Å². The molecule has 2 heterocycles. The van der Waals surface area contributed by atoms with Gasteiger partial charge < -0.3 is 9.30 Å². The maximum atomic E-state index is 11.5. The van der Waals surface area contributed by atoms with Crippen LogP contribution < -0.4 is 0 Å². The molecule has 1 aromatic rings. The van der Waals surface area contributed by atoms with Gasteiger partial charge in [-0.3, -0.25) is 4.79 Å². The van der Waals surface area contributed by atoms with Crippen LogP contribution in [0, 0.1) is 0 Å². The molecule has 1 atom stereocenters. The minimum Gasteiger partial charge on any atom is -0.466 e. The van der Waals surface area contributed by atoms with Crippen molar-refractivity contribution in [3.8, 4) is 0 Å². The number of aryl methyl sites for hydroxylation is 1. The van der Waals surface area contributed by atoms with E-state index < -0.39 is 0 Å². The van der Waals surface area contributed by atoms with Crippen LogP contribution in [-0.2, 0) is 21.5 Å². The summed E-state index contributed by atoms with van der Waals surface area (Å²) in [5.74, 6) is -0.109. The van der Waals surface area contributed by atoms with E-state index in [-0.39, 0.29) is 11.4 Å². The Morgan fingerprint density at radius 2 is 2.50 bits per heavy atom. The van der Waals surface area contributed by atoms with Crippen molar-refractivity contribution in [3.05, 3.63) is 36.7 Å². The first kappa shape index (κ1) is 12.9. The Balaban J connectivity index is 2.13. The van der Waals surface area contributed by atoms with Crippen LogP contribution in [0.2, 0.25) is 0 Å². The van der Waals surface area contributed by atoms with Gasteiger partial charge in [-0.15, -0.1) is 6.58 Å². The van der Waals surface area contributed by atoms with Crippen LogP contribution in [0.4, 0.5) is 0 Å². The highest BCUT2D eigenvalue weighted by Crippen LogP contribution is 2.39. The summed E-state index contributed by atoms with van der Waals surface area (Å²) in [6.07, 6.45) is 7.58. The summed E-state index contributed by atoms with van der Waals surface area (Å²) in [5.41, 5.74) is 1.22. The van der Waals surface area contributed by atoms with Crippen LogP contribution in [0.1, 0.15) is 38.3 Å². The van der Waals surface area contributed by atoms with Gasteiger partial charge in [0.1, 0.15) is 0 Å². The number of fused-ring (bicyclic) bond motifs is 1. The van der Waals surface area contributed by atoms with E-state index in [1.165, 1.54) is 5.69 Å². The number of hydrogen-bond acceptors (Lipinski definition) is 2. The zero-order valence-corrected chi connectivity index (χ0v) is 11.0. The van der Waals surface area contributed by atoms with Crippen molar-refractivity contribution in [2.45, 2.75) is 44.6 Å². The molecule has 1 unspecified atom stereocenters. The largest absolute Gasteiger partial charge is 0.466 e. The third-order valence-electron chi connectivity index (χ3n) is 3.83. The van der Waals surface area contributed by atoms with Crippen molar-refractivity contribution >= 4 is 5.97 Å². The lowest BCUT2D eigenvalue weighted by Crippen LogP contribution is -2.32. The summed E-state index contributed by atoms with van der Waals surface area (Å²) in [6.45, 7) is 7.36. The molecule has 3 heteroatoms. The third-order valence-corrected chi connectivity index (χ3v) is 3.83. The Hall–Kier alpha value is -1.51. The lowest BCUT2D eigenvalue weighted by molar-refractivity contribution is -0.143. The topological polar surface area (TPSA) is 31.2 Å². The molecule has 0 N–H and O–H groups in total. The summed E-state index contributed by atoms with van der Waals surface area (Å²) in [6, 6.07) is 4.22. The number of aromatic nitrogens is 1. The number of allylic oxidation sites excluding steroid dienone is 1. The van der Waals surface area contributed by atoms with Gasteiger partial charge in [0, 0.05) is 30.3 Å². The predicted molar refractivity (Wildman–Crippen MR) is 71.4 cm³/mol. The molecule has 1 aromatic heterocycles. The molecule has 0 aromatic carbocycles. The summed E-state index contributed by atoms with van der Waals surface area (Å²) >= 11 is 0. The first-order chi connectivity index (χ1) is 8.72. The van der Waals surface area contributed by atoms with E-state index in [9.17, 15) is 4.79 Å². The second kappa shape index (κ2) is 5.42. The number of carbonyl (C=O) groups excluding carboxylic acids is 1. The van der Waals surface area contributed by atoms with E-state index in [0.29, 0.717) is 13.0 Å². The molecule has 98 valence electrons. The minimum atomic E-state index is -0.109. The van der Waals surface area contributed by atoms with Gasteiger partial charge in [-0.25, -0.2) is 0 Å². The van der Waals surface area contributed by atoms with Crippen molar-refractivity contribution in [2.24, 2.45) is 0 Å². The van der Waals surface area contributed by atoms with Crippen LogP contribution in [0.15, 0.2) is 31.0 Å². The van der Waals surface area contributed by atoms with Crippen molar-refractivity contribution in [3.63, 3.8) is 0 Å². The second-order valence-corrected chi connectivity index (χ2v) is 4.86. The fraction of sp³-hybridized carbons (Fsp3) is 0.533. The average Bonchev–Trinajstić information content (AvgIpc) is 2.86. The summed E-state index contributed by atoms with van der Waals surface area (Å²) in [4.78, 5) is 11.5. The molecule has 0 bridgehead atoms. The monoisotopic (exact) mass is 247 g/mol. The highest BCUT2D eigenvalue weighted by Gasteiger charge is 2.34. The second-order valence-electron chi connectivity index (χ2n) is 4.86. The van der Waals surface area contributed by atoms with Crippen LogP contribution >= 0.6 is 0 Å². The van der Waals surface area contributed by atoms with Crippen LogP contribution in [-0.4, -0.2) is 17.1 Å². The highest BCUT2D eigenvalue weighted by atomic mass is 16.5. The molecule has 0 amide bonds. The zero-order valence-electron chi connectivity index (χ0n) is 11.0. The van der Waals surface area contributed by atoms with E-state index in [4.69, 9.17) is 4.74 Å². The first-order valence-corrected chi connectivity index (χ1v) is 6.66. The average molecular weight is 247 g/mol. The molecule has 0 fully saturated rings. The van der Waals surface area contributed by atoms with Gasteiger partial charge >= 0.3 is 5.97 Å². The molecule has 3 nitrogen and oxygen atoms in total. The molecule has 1 aliphatic rings. The Kier molecular flexibility index (Phi) is 3.90. The van der Waals surface area contributed by atoms with Crippen molar-refractivity contribution in [1.29, 1.82) is 0 Å². The van der Waals surface area contributed by atoms with E-state index >= 15 is 0 Å². The Labute approximate surface area is 108 Å². The SMILES string of the molecule is C=CC1(CCC(=O)OCC)CCCn2cccc21. The molecule has 0 spiro atoms. The fourth-order valence-electron chi connectivity index (χ4n) is 2.87.